The van der Waals surface area contributed by atoms with Crippen molar-refractivity contribution in [1.82, 2.24) is 10.6 Å². The van der Waals surface area contributed by atoms with Crippen molar-refractivity contribution < 1.29 is 14.3 Å². The van der Waals surface area contributed by atoms with Gasteiger partial charge in [-0.1, -0.05) is 43.7 Å². The summed E-state index contributed by atoms with van der Waals surface area (Å²) < 4.78 is 5.31. The maximum atomic E-state index is 12.9. The number of methoxy groups -OCH3 is 1. The zero-order chi connectivity index (χ0) is 20.9. The number of unbranched alkanes of at least 4 members (excludes halogenated alkanes) is 1. The summed E-state index contributed by atoms with van der Waals surface area (Å²) >= 11 is 0. The maximum absolute atomic E-state index is 12.9. The third kappa shape index (κ3) is 7.37. The first-order chi connectivity index (χ1) is 14.2. The number of ether oxygens (including phenoxy) is 1. The number of nitrogens with zero attached hydrogens (tertiary/aromatic N) is 1. The molecule has 3 N–H and O–H groups in total. The van der Waals surface area contributed by atoms with Crippen LogP contribution in [0.2, 0.25) is 0 Å². The molecule has 0 radical (unpaired) electrons. The van der Waals surface area contributed by atoms with Crippen LogP contribution in [-0.2, 0) is 0 Å². The van der Waals surface area contributed by atoms with Crippen LogP contribution in [0.3, 0.4) is 0 Å². The van der Waals surface area contributed by atoms with E-state index < -0.39 is 0 Å². The number of hydrogen-bond donors (Lipinski definition) is 3. The van der Waals surface area contributed by atoms with Gasteiger partial charge in [-0.3, -0.25) is 4.90 Å². The van der Waals surface area contributed by atoms with E-state index in [1.54, 1.807) is 24.1 Å². The first-order valence-corrected chi connectivity index (χ1v) is 9.94. The van der Waals surface area contributed by atoms with Crippen molar-refractivity contribution in [2.75, 3.05) is 37.0 Å². The zero-order valence-electron chi connectivity index (χ0n) is 17.1. The summed E-state index contributed by atoms with van der Waals surface area (Å²) in [5.41, 5.74) is 1.39. The number of hydrogen-bond acceptors (Lipinski definition) is 3. The van der Waals surface area contributed by atoms with Crippen molar-refractivity contribution in [3.63, 3.8) is 0 Å². The van der Waals surface area contributed by atoms with E-state index in [9.17, 15) is 9.59 Å². The average Bonchev–Trinajstić information content (AvgIpc) is 2.75. The van der Waals surface area contributed by atoms with Crippen LogP contribution in [0.25, 0.3) is 0 Å². The number of carbonyl (C=O) groups is 2. The van der Waals surface area contributed by atoms with Gasteiger partial charge in [0.05, 0.1) is 12.8 Å². The monoisotopic (exact) mass is 398 g/mol. The predicted molar refractivity (Wildman–Crippen MR) is 117 cm³/mol. The maximum Gasteiger partial charge on any atom is 0.326 e. The summed E-state index contributed by atoms with van der Waals surface area (Å²) in [7, 11) is 1.57. The highest BCUT2D eigenvalue weighted by molar-refractivity contribution is 6.02. The first kappa shape index (κ1) is 22.1. The van der Waals surface area contributed by atoms with Crippen LogP contribution >= 0.6 is 0 Å². The second-order valence-electron chi connectivity index (χ2n) is 6.51. The minimum atomic E-state index is -0.256. The molecule has 0 saturated carbocycles. The molecule has 4 amide bonds. The fraction of sp³-hybridized carbons (Fsp3) is 0.364. The van der Waals surface area contributed by atoms with Crippen LogP contribution in [-0.4, -0.2) is 38.8 Å². The number of nitrogens with one attached hydrogen (secondary N) is 3. The molecular formula is C22H30N4O3. The summed E-state index contributed by atoms with van der Waals surface area (Å²) in [6.07, 6.45) is 2.61. The zero-order valence-corrected chi connectivity index (χ0v) is 17.1. The van der Waals surface area contributed by atoms with Gasteiger partial charge in [-0.05, 0) is 37.1 Å². The van der Waals surface area contributed by atoms with Crippen molar-refractivity contribution in [2.45, 2.75) is 26.2 Å². The Morgan fingerprint density at radius 3 is 2.28 bits per heavy atom. The van der Waals surface area contributed by atoms with Crippen LogP contribution in [0.1, 0.15) is 26.2 Å². The van der Waals surface area contributed by atoms with Crippen LogP contribution in [0.4, 0.5) is 21.0 Å². The predicted octanol–water partition coefficient (Wildman–Crippen LogP) is 4.22. The summed E-state index contributed by atoms with van der Waals surface area (Å²) in [5, 5.41) is 8.55. The minimum Gasteiger partial charge on any atom is -0.495 e. The molecule has 0 aromatic heterocycles. The molecule has 0 fully saturated rings. The number of para-hydroxylation sites is 3. The number of carbonyl (C=O) groups excluding carboxylic acids is 2. The van der Waals surface area contributed by atoms with E-state index in [1.165, 1.54) is 0 Å². The van der Waals surface area contributed by atoms with Crippen LogP contribution < -0.4 is 25.6 Å². The molecule has 0 aliphatic rings. The SMILES string of the molecule is CCCCNC(=O)NCCCN(C(=O)Nc1ccccc1OC)c1ccccc1. The summed E-state index contributed by atoms with van der Waals surface area (Å²) in [5.74, 6) is 0.597. The molecule has 0 aliphatic carbocycles. The van der Waals surface area contributed by atoms with Gasteiger partial charge < -0.3 is 20.7 Å². The lowest BCUT2D eigenvalue weighted by molar-refractivity contribution is 0.240. The first-order valence-electron chi connectivity index (χ1n) is 9.94. The second kappa shape index (κ2) is 12.3. The van der Waals surface area contributed by atoms with E-state index in [0.29, 0.717) is 37.5 Å². The average molecular weight is 399 g/mol. The molecule has 0 bridgehead atoms. The largest absolute Gasteiger partial charge is 0.495 e. The molecular weight excluding hydrogens is 368 g/mol. The molecule has 29 heavy (non-hydrogen) atoms. The molecule has 2 aromatic carbocycles. The third-order valence-corrected chi connectivity index (χ3v) is 4.32. The van der Waals surface area contributed by atoms with Gasteiger partial charge in [0.25, 0.3) is 0 Å². The van der Waals surface area contributed by atoms with Gasteiger partial charge in [-0.2, -0.15) is 0 Å². The van der Waals surface area contributed by atoms with E-state index in [0.717, 1.165) is 18.5 Å². The van der Waals surface area contributed by atoms with Crippen LogP contribution in [0, 0.1) is 0 Å². The van der Waals surface area contributed by atoms with Gasteiger partial charge >= 0.3 is 12.1 Å². The fourth-order valence-corrected chi connectivity index (χ4v) is 2.77. The van der Waals surface area contributed by atoms with Gasteiger partial charge in [0.2, 0.25) is 0 Å². The molecule has 7 nitrogen and oxygen atoms in total. The van der Waals surface area contributed by atoms with Gasteiger partial charge in [-0.15, -0.1) is 0 Å². The molecule has 156 valence electrons. The normalized spacial score (nSPS) is 10.1. The van der Waals surface area contributed by atoms with Crippen molar-refractivity contribution in [1.29, 1.82) is 0 Å². The Kier molecular flexibility index (Phi) is 9.35. The van der Waals surface area contributed by atoms with Gasteiger partial charge in [0, 0.05) is 25.3 Å². The number of urea groups is 2. The molecule has 2 rings (SSSR count). The Bertz CT molecular complexity index is 768. The molecule has 2 aromatic rings. The van der Waals surface area contributed by atoms with E-state index in [2.05, 4.69) is 22.9 Å². The molecule has 0 atom stereocenters. The lowest BCUT2D eigenvalue weighted by Crippen LogP contribution is -2.39. The highest BCUT2D eigenvalue weighted by atomic mass is 16.5. The van der Waals surface area contributed by atoms with Gasteiger partial charge in [-0.25, -0.2) is 9.59 Å². The molecule has 0 aliphatic heterocycles. The van der Waals surface area contributed by atoms with E-state index >= 15 is 0 Å². The Morgan fingerprint density at radius 2 is 1.59 bits per heavy atom. The van der Waals surface area contributed by atoms with E-state index in [4.69, 9.17) is 4.74 Å². The Hall–Kier alpha value is -3.22. The summed E-state index contributed by atoms with van der Waals surface area (Å²) in [6, 6.07) is 16.3. The van der Waals surface area contributed by atoms with Crippen molar-refractivity contribution in [2.24, 2.45) is 0 Å². The number of rotatable bonds is 10. The standard InChI is InChI=1S/C22H30N4O3/c1-3-4-15-23-21(27)24-16-10-17-26(18-11-6-5-7-12-18)22(28)25-19-13-8-9-14-20(19)29-2/h5-9,11-14H,3-4,10,15-17H2,1-2H3,(H,25,28)(H2,23,24,27). The van der Waals surface area contributed by atoms with Crippen molar-refractivity contribution in [3.8, 4) is 5.75 Å². The topological polar surface area (TPSA) is 82.7 Å². The number of benzene rings is 2. The quantitative estimate of drug-likeness (QED) is 0.524. The second-order valence-corrected chi connectivity index (χ2v) is 6.51. The van der Waals surface area contributed by atoms with Gasteiger partial charge in [0.1, 0.15) is 5.75 Å². The number of amides is 4. The third-order valence-electron chi connectivity index (χ3n) is 4.32. The van der Waals surface area contributed by atoms with Crippen LogP contribution in [0.15, 0.2) is 54.6 Å². The minimum absolute atomic E-state index is 0.178. The fourth-order valence-electron chi connectivity index (χ4n) is 2.77. The highest BCUT2D eigenvalue weighted by Gasteiger charge is 2.17. The molecule has 0 unspecified atom stereocenters. The molecule has 7 heteroatoms. The van der Waals surface area contributed by atoms with E-state index in [-0.39, 0.29) is 12.1 Å². The van der Waals surface area contributed by atoms with Crippen molar-refractivity contribution >= 4 is 23.4 Å². The Balaban J connectivity index is 1.95. The highest BCUT2D eigenvalue weighted by Crippen LogP contribution is 2.24. The van der Waals surface area contributed by atoms with Gasteiger partial charge in [0.15, 0.2) is 0 Å². The molecule has 0 spiro atoms. The Labute approximate surface area is 172 Å². The lowest BCUT2D eigenvalue weighted by Gasteiger charge is -2.24. The molecule has 0 saturated heterocycles. The lowest BCUT2D eigenvalue weighted by atomic mass is 10.2. The van der Waals surface area contributed by atoms with Crippen LogP contribution in [0.5, 0.6) is 5.75 Å². The smallest absolute Gasteiger partial charge is 0.326 e. The summed E-state index contributed by atoms with van der Waals surface area (Å²) in [6.45, 7) is 3.68. The Morgan fingerprint density at radius 1 is 0.931 bits per heavy atom. The molecule has 0 heterocycles. The number of anilines is 2. The van der Waals surface area contributed by atoms with E-state index in [1.807, 2.05) is 42.5 Å². The summed E-state index contributed by atoms with van der Waals surface area (Å²) in [4.78, 5) is 26.3. The van der Waals surface area contributed by atoms with Crippen molar-refractivity contribution in [3.05, 3.63) is 54.6 Å².